The van der Waals surface area contributed by atoms with E-state index < -0.39 is 0 Å². The van der Waals surface area contributed by atoms with Crippen LogP contribution in [0, 0.1) is 11.8 Å². The number of likely N-dealkylation sites (tertiary alicyclic amines) is 1. The molecule has 4 rings (SSSR count). The molecule has 0 spiro atoms. The smallest absolute Gasteiger partial charge is 0.253 e. The third-order valence-electron chi connectivity index (χ3n) is 4.99. The van der Waals surface area contributed by atoms with E-state index in [0.717, 1.165) is 49.5 Å². The molecule has 108 valence electrons. The lowest BCUT2D eigenvalue weighted by Crippen LogP contribution is -2.43. The van der Waals surface area contributed by atoms with Gasteiger partial charge in [-0.2, -0.15) is 0 Å². The minimum atomic E-state index is 0.186. The van der Waals surface area contributed by atoms with Crippen LogP contribution in [0.4, 0.5) is 0 Å². The summed E-state index contributed by atoms with van der Waals surface area (Å²) in [5.41, 5.74) is 0.818. The number of nitrogens with zero attached hydrogens (tertiary/aromatic N) is 1. The molecule has 0 aromatic heterocycles. The van der Waals surface area contributed by atoms with Gasteiger partial charge in [0.1, 0.15) is 0 Å². The van der Waals surface area contributed by atoms with Crippen LogP contribution in [0.1, 0.15) is 16.8 Å². The second-order valence-electron chi connectivity index (χ2n) is 6.28. The molecule has 3 nitrogen and oxygen atoms in total. The summed E-state index contributed by atoms with van der Waals surface area (Å²) in [6, 6.07) is 14.2. The number of carbonyl (C=O) groups is 1. The van der Waals surface area contributed by atoms with Gasteiger partial charge in [-0.1, -0.05) is 30.3 Å². The van der Waals surface area contributed by atoms with Crippen LogP contribution >= 0.6 is 0 Å². The summed E-state index contributed by atoms with van der Waals surface area (Å²) in [6.07, 6.45) is 1.14. The van der Waals surface area contributed by atoms with E-state index in [9.17, 15) is 4.79 Å². The summed E-state index contributed by atoms with van der Waals surface area (Å²) in [6.45, 7) is 3.99. The quantitative estimate of drug-likeness (QED) is 0.870. The van der Waals surface area contributed by atoms with Gasteiger partial charge < -0.3 is 10.2 Å². The van der Waals surface area contributed by atoms with Crippen LogP contribution in [0.2, 0.25) is 0 Å². The molecule has 0 saturated carbocycles. The van der Waals surface area contributed by atoms with Crippen molar-refractivity contribution in [2.45, 2.75) is 6.42 Å². The fraction of sp³-hybridized carbons (Fsp3) is 0.389. The van der Waals surface area contributed by atoms with Gasteiger partial charge >= 0.3 is 0 Å². The zero-order valence-corrected chi connectivity index (χ0v) is 12.1. The molecule has 1 amide bonds. The Bertz CT molecular complexity index is 682. The number of hydrogen-bond acceptors (Lipinski definition) is 2. The van der Waals surface area contributed by atoms with Gasteiger partial charge in [-0.25, -0.2) is 0 Å². The molecule has 0 aliphatic carbocycles. The number of benzene rings is 2. The van der Waals surface area contributed by atoms with Crippen LogP contribution < -0.4 is 5.32 Å². The monoisotopic (exact) mass is 280 g/mol. The van der Waals surface area contributed by atoms with Crippen LogP contribution in [0.5, 0.6) is 0 Å². The molecular formula is C18H20N2O. The molecule has 2 aromatic carbocycles. The van der Waals surface area contributed by atoms with E-state index >= 15 is 0 Å². The number of nitrogens with one attached hydrogen (secondary N) is 1. The van der Waals surface area contributed by atoms with Crippen molar-refractivity contribution in [3.63, 3.8) is 0 Å². The van der Waals surface area contributed by atoms with Crippen molar-refractivity contribution in [3.05, 3.63) is 48.0 Å². The van der Waals surface area contributed by atoms with Crippen molar-refractivity contribution in [1.29, 1.82) is 0 Å². The normalized spacial score (nSPS) is 25.0. The maximum Gasteiger partial charge on any atom is 0.253 e. The van der Waals surface area contributed by atoms with E-state index in [4.69, 9.17) is 0 Å². The fourth-order valence-electron chi connectivity index (χ4n) is 3.72. The van der Waals surface area contributed by atoms with Gasteiger partial charge in [0.05, 0.1) is 0 Å². The number of rotatable bonds is 1. The SMILES string of the molecule is O=C(c1ccc2ccccc2c1)N1CCC2CNCC2C1. The fourth-order valence-corrected chi connectivity index (χ4v) is 3.72. The second kappa shape index (κ2) is 5.15. The molecule has 2 unspecified atom stereocenters. The molecule has 2 fully saturated rings. The highest BCUT2D eigenvalue weighted by Crippen LogP contribution is 2.27. The van der Waals surface area contributed by atoms with Crippen molar-refractivity contribution < 1.29 is 4.79 Å². The Kier molecular flexibility index (Phi) is 3.15. The minimum absolute atomic E-state index is 0.186. The molecule has 2 heterocycles. The van der Waals surface area contributed by atoms with Crippen LogP contribution in [-0.2, 0) is 0 Å². The van der Waals surface area contributed by atoms with E-state index in [1.165, 1.54) is 5.39 Å². The molecule has 1 N–H and O–H groups in total. The van der Waals surface area contributed by atoms with Crippen molar-refractivity contribution in [2.75, 3.05) is 26.2 Å². The topological polar surface area (TPSA) is 32.3 Å². The largest absolute Gasteiger partial charge is 0.338 e. The second-order valence-corrected chi connectivity index (χ2v) is 6.28. The van der Waals surface area contributed by atoms with Crippen LogP contribution in [0.25, 0.3) is 10.8 Å². The van der Waals surface area contributed by atoms with Crippen molar-refractivity contribution in [1.82, 2.24) is 10.2 Å². The van der Waals surface area contributed by atoms with Crippen molar-refractivity contribution in [3.8, 4) is 0 Å². The molecule has 3 heteroatoms. The van der Waals surface area contributed by atoms with Gasteiger partial charge in [-0.05, 0) is 54.3 Å². The van der Waals surface area contributed by atoms with Gasteiger partial charge in [0.2, 0.25) is 0 Å². The number of carbonyl (C=O) groups excluding carboxylic acids is 1. The predicted octanol–water partition coefficient (Wildman–Crippen LogP) is 2.52. The minimum Gasteiger partial charge on any atom is -0.338 e. The van der Waals surface area contributed by atoms with E-state index in [1.54, 1.807) is 0 Å². The summed E-state index contributed by atoms with van der Waals surface area (Å²) in [4.78, 5) is 14.8. The molecule has 0 bridgehead atoms. The Labute approximate surface area is 124 Å². The lowest BCUT2D eigenvalue weighted by atomic mass is 9.88. The Morgan fingerprint density at radius 1 is 1.05 bits per heavy atom. The van der Waals surface area contributed by atoms with Crippen LogP contribution in [0.3, 0.4) is 0 Å². The van der Waals surface area contributed by atoms with Crippen LogP contribution in [-0.4, -0.2) is 37.0 Å². The first kappa shape index (κ1) is 12.8. The summed E-state index contributed by atoms with van der Waals surface area (Å²) in [5, 5.41) is 5.78. The zero-order chi connectivity index (χ0) is 14.2. The van der Waals surface area contributed by atoms with Gasteiger partial charge in [0, 0.05) is 18.7 Å². The molecule has 2 aromatic rings. The Balaban J connectivity index is 1.58. The molecule has 2 aliphatic heterocycles. The highest BCUT2D eigenvalue weighted by molar-refractivity contribution is 5.98. The average molecular weight is 280 g/mol. The van der Waals surface area contributed by atoms with Crippen molar-refractivity contribution in [2.24, 2.45) is 11.8 Å². The van der Waals surface area contributed by atoms with Gasteiger partial charge in [0.15, 0.2) is 0 Å². The summed E-state index contributed by atoms with van der Waals surface area (Å²) >= 11 is 0. The first-order valence-electron chi connectivity index (χ1n) is 7.80. The third-order valence-corrected chi connectivity index (χ3v) is 4.99. The Morgan fingerprint density at radius 2 is 1.86 bits per heavy atom. The average Bonchev–Trinajstić information content (AvgIpc) is 3.01. The first-order valence-corrected chi connectivity index (χ1v) is 7.80. The first-order chi connectivity index (χ1) is 10.3. The number of fused-ring (bicyclic) bond motifs is 2. The summed E-state index contributed by atoms with van der Waals surface area (Å²) in [7, 11) is 0. The Morgan fingerprint density at radius 3 is 2.76 bits per heavy atom. The number of amides is 1. The van der Waals surface area contributed by atoms with E-state index in [1.807, 2.05) is 35.2 Å². The van der Waals surface area contributed by atoms with Crippen LogP contribution in [0.15, 0.2) is 42.5 Å². The molecule has 2 aliphatic rings. The summed E-state index contributed by atoms with van der Waals surface area (Å²) in [5.74, 6) is 1.60. The van der Waals surface area contributed by atoms with E-state index in [2.05, 4.69) is 17.4 Å². The number of hydrogen-bond donors (Lipinski definition) is 1. The third kappa shape index (κ3) is 2.32. The number of piperidine rings is 1. The van der Waals surface area contributed by atoms with E-state index in [0.29, 0.717) is 5.92 Å². The maximum absolute atomic E-state index is 12.7. The van der Waals surface area contributed by atoms with Gasteiger partial charge in [-0.15, -0.1) is 0 Å². The zero-order valence-electron chi connectivity index (χ0n) is 12.1. The van der Waals surface area contributed by atoms with E-state index in [-0.39, 0.29) is 5.91 Å². The molecule has 21 heavy (non-hydrogen) atoms. The molecule has 2 atom stereocenters. The van der Waals surface area contributed by atoms with Gasteiger partial charge in [0.25, 0.3) is 5.91 Å². The highest BCUT2D eigenvalue weighted by Gasteiger charge is 2.34. The molecule has 2 saturated heterocycles. The highest BCUT2D eigenvalue weighted by atomic mass is 16.2. The lowest BCUT2D eigenvalue weighted by molar-refractivity contribution is 0.0642. The van der Waals surface area contributed by atoms with Crippen molar-refractivity contribution >= 4 is 16.7 Å². The molecule has 0 radical (unpaired) electrons. The predicted molar refractivity (Wildman–Crippen MR) is 84.3 cm³/mol. The summed E-state index contributed by atoms with van der Waals surface area (Å²) < 4.78 is 0. The Hall–Kier alpha value is -1.87. The van der Waals surface area contributed by atoms with Gasteiger partial charge in [-0.3, -0.25) is 4.79 Å². The molecular weight excluding hydrogens is 260 g/mol. The standard InChI is InChI=1S/C18H20N2O/c21-18(20-8-7-16-10-19-11-17(16)12-20)15-6-5-13-3-1-2-4-14(13)9-15/h1-6,9,16-17,19H,7-8,10-12H2. The lowest BCUT2D eigenvalue weighted by Gasteiger charge is -2.34. The maximum atomic E-state index is 12.7.